The van der Waals surface area contributed by atoms with Crippen molar-refractivity contribution in [2.75, 3.05) is 6.61 Å². The molecule has 0 atom stereocenters. The second kappa shape index (κ2) is 5.10. The molecule has 98 valence electrons. The summed E-state index contributed by atoms with van der Waals surface area (Å²) in [6.07, 6.45) is 4.23. The van der Waals surface area contributed by atoms with E-state index in [0.29, 0.717) is 16.8 Å². The Kier molecular flexibility index (Phi) is 3.30. The fourth-order valence-electron chi connectivity index (χ4n) is 1.85. The molecule has 1 N–H and O–H groups in total. The Labute approximate surface area is 116 Å². The number of rotatable bonds is 4. The summed E-state index contributed by atoms with van der Waals surface area (Å²) in [5.74, 6) is 1.53. The van der Waals surface area contributed by atoms with Crippen molar-refractivity contribution in [3.8, 4) is 22.8 Å². The molecule has 0 bridgehead atoms. The van der Waals surface area contributed by atoms with Crippen molar-refractivity contribution in [2.24, 2.45) is 5.92 Å². The number of hydrogen-bond donors (Lipinski definition) is 1. The number of phenols is 1. The summed E-state index contributed by atoms with van der Waals surface area (Å²) in [4.78, 5) is 4.26. The van der Waals surface area contributed by atoms with Gasteiger partial charge in [-0.1, -0.05) is 11.6 Å². The maximum atomic E-state index is 9.50. The van der Waals surface area contributed by atoms with Crippen LogP contribution in [0.3, 0.4) is 0 Å². The number of aromatic nitrogens is 1. The normalized spacial score (nSPS) is 14.4. The van der Waals surface area contributed by atoms with Crippen LogP contribution in [0.4, 0.5) is 0 Å². The average Bonchev–Trinajstić information content (AvgIpc) is 3.24. The Morgan fingerprint density at radius 3 is 2.79 bits per heavy atom. The van der Waals surface area contributed by atoms with E-state index >= 15 is 0 Å². The number of pyridine rings is 1. The lowest BCUT2D eigenvalue weighted by atomic mass is 10.1. The van der Waals surface area contributed by atoms with Gasteiger partial charge in [0.25, 0.3) is 0 Å². The number of ether oxygens (including phenoxy) is 1. The molecule has 1 fully saturated rings. The maximum absolute atomic E-state index is 9.50. The van der Waals surface area contributed by atoms with Gasteiger partial charge in [-0.3, -0.25) is 0 Å². The van der Waals surface area contributed by atoms with Crippen LogP contribution in [0.25, 0.3) is 11.1 Å². The number of nitrogens with zero attached hydrogens (tertiary/aromatic N) is 1. The van der Waals surface area contributed by atoms with Gasteiger partial charge in [0.15, 0.2) is 0 Å². The molecular weight excluding hydrogens is 262 g/mol. The van der Waals surface area contributed by atoms with Crippen molar-refractivity contribution in [1.82, 2.24) is 4.98 Å². The molecule has 1 saturated carbocycles. The zero-order valence-corrected chi connectivity index (χ0v) is 11.1. The average molecular weight is 276 g/mol. The molecule has 1 aromatic carbocycles. The lowest BCUT2D eigenvalue weighted by Crippen LogP contribution is -2.00. The van der Waals surface area contributed by atoms with Gasteiger partial charge in [0, 0.05) is 28.4 Å². The fourth-order valence-corrected chi connectivity index (χ4v) is 2.07. The van der Waals surface area contributed by atoms with E-state index in [0.717, 1.165) is 17.7 Å². The fraction of sp³-hybridized carbons (Fsp3) is 0.267. The SMILES string of the molecule is Oc1ccc(Cl)c(-c2ccc(OCC3CC3)nc2)c1. The van der Waals surface area contributed by atoms with Gasteiger partial charge in [-0.05, 0) is 43.0 Å². The van der Waals surface area contributed by atoms with Crippen LogP contribution in [0.5, 0.6) is 11.6 Å². The number of phenolic OH excluding ortho intramolecular Hbond substituents is 1. The Hall–Kier alpha value is -1.74. The molecular formula is C15H14ClNO2. The molecule has 1 heterocycles. The first kappa shape index (κ1) is 12.3. The summed E-state index contributed by atoms with van der Waals surface area (Å²) in [7, 11) is 0. The summed E-state index contributed by atoms with van der Waals surface area (Å²) >= 11 is 6.11. The molecule has 2 aromatic rings. The number of hydrogen-bond acceptors (Lipinski definition) is 3. The number of benzene rings is 1. The van der Waals surface area contributed by atoms with E-state index in [4.69, 9.17) is 16.3 Å². The number of halogens is 1. The highest BCUT2D eigenvalue weighted by Gasteiger charge is 2.22. The lowest BCUT2D eigenvalue weighted by molar-refractivity contribution is 0.288. The summed E-state index contributed by atoms with van der Waals surface area (Å²) in [5, 5.41) is 10.1. The molecule has 0 amide bonds. The minimum Gasteiger partial charge on any atom is -0.508 e. The molecule has 1 aliphatic carbocycles. The van der Waals surface area contributed by atoms with Crippen LogP contribution in [0.1, 0.15) is 12.8 Å². The van der Waals surface area contributed by atoms with Crippen LogP contribution in [0.15, 0.2) is 36.5 Å². The van der Waals surface area contributed by atoms with Gasteiger partial charge in [-0.15, -0.1) is 0 Å². The van der Waals surface area contributed by atoms with Crippen molar-refractivity contribution in [2.45, 2.75) is 12.8 Å². The van der Waals surface area contributed by atoms with E-state index in [1.54, 1.807) is 24.4 Å². The monoisotopic (exact) mass is 275 g/mol. The van der Waals surface area contributed by atoms with Gasteiger partial charge in [0.1, 0.15) is 5.75 Å². The van der Waals surface area contributed by atoms with E-state index in [1.165, 1.54) is 12.8 Å². The maximum Gasteiger partial charge on any atom is 0.213 e. The zero-order chi connectivity index (χ0) is 13.2. The standard InChI is InChI=1S/C15H14ClNO2/c16-14-5-4-12(18)7-13(14)11-3-6-15(17-8-11)19-9-10-1-2-10/h3-8,10,18H,1-2,9H2. The van der Waals surface area contributed by atoms with E-state index < -0.39 is 0 Å². The van der Waals surface area contributed by atoms with Crippen LogP contribution >= 0.6 is 11.6 Å². The van der Waals surface area contributed by atoms with Crippen molar-refractivity contribution < 1.29 is 9.84 Å². The van der Waals surface area contributed by atoms with Crippen molar-refractivity contribution in [3.05, 3.63) is 41.6 Å². The predicted molar refractivity (Wildman–Crippen MR) is 74.6 cm³/mol. The molecule has 0 saturated heterocycles. The van der Waals surface area contributed by atoms with E-state index in [2.05, 4.69) is 4.98 Å². The Bertz CT molecular complexity index is 579. The Morgan fingerprint density at radius 1 is 1.26 bits per heavy atom. The van der Waals surface area contributed by atoms with Crippen LogP contribution in [-0.2, 0) is 0 Å². The molecule has 3 nitrogen and oxygen atoms in total. The summed E-state index contributed by atoms with van der Waals surface area (Å²) < 4.78 is 5.58. The molecule has 0 aliphatic heterocycles. The van der Waals surface area contributed by atoms with Crippen molar-refractivity contribution in [1.29, 1.82) is 0 Å². The summed E-state index contributed by atoms with van der Waals surface area (Å²) in [6.45, 7) is 0.749. The molecule has 0 radical (unpaired) electrons. The van der Waals surface area contributed by atoms with Gasteiger partial charge in [-0.2, -0.15) is 0 Å². The Balaban J connectivity index is 1.78. The van der Waals surface area contributed by atoms with Crippen molar-refractivity contribution >= 4 is 11.6 Å². The third-order valence-electron chi connectivity index (χ3n) is 3.16. The second-order valence-corrected chi connectivity index (χ2v) is 5.21. The van der Waals surface area contributed by atoms with Crippen LogP contribution < -0.4 is 4.74 Å². The third-order valence-corrected chi connectivity index (χ3v) is 3.49. The summed E-state index contributed by atoms with van der Waals surface area (Å²) in [5.41, 5.74) is 1.63. The smallest absolute Gasteiger partial charge is 0.213 e. The van der Waals surface area contributed by atoms with Gasteiger partial charge in [0.2, 0.25) is 5.88 Å². The van der Waals surface area contributed by atoms with E-state index in [1.807, 2.05) is 12.1 Å². The Morgan fingerprint density at radius 2 is 2.11 bits per heavy atom. The molecule has 0 spiro atoms. The predicted octanol–water partition coefficient (Wildman–Crippen LogP) is 3.90. The first-order valence-electron chi connectivity index (χ1n) is 6.30. The molecule has 4 heteroatoms. The van der Waals surface area contributed by atoms with Crippen LogP contribution in [-0.4, -0.2) is 16.7 Å². The molecule has 1 aliphatic rings. The first-order chi connectivity index (χ1) is 9.22. The topological polar surface area (TPSA) is 42.4 Å². The van der Waals surface area contributed by atoms with Gasteiger partial charge in [-0.25, -0.2) is 4.98 Å². The highest BCUT2D eigenvalue weighted by atomic mass is 35.5. The molecule has 3 rings (SSSR count). The largest absolute Gasteiger partial charge is 0.508 e. The van der Waals surface area contributed by atoms with Crippen molar-refractivity contribution in [3.63, 3.8) is 0 Å². The highest BCUT2D eigenvalue weighted by molar-refractivity contribution is 6.33. The van der Waals surface area contributed by atoms with Crippen LogP contribution in [0.2, 0.25) is 5.02 Å². The van der Waals surface area contributed by atoms with Gasteiger partial charge < -0.3 is 9.84 Å². The molecule has 19 heavy (non-hydrogen) atoms. The van der Waals surface area contributed by atoms with Gasteiger partial charge >= 0.3 is 0 Å². The lowest BCUT2D eigenvalue weighted by Gasteiger charge is -2.07. The minimum absolute atomic E-state index is 0.188. The third kappa shape index (κ3) is 2.99. The summed E-state index contributed by atoms with van der Waals surface area (Å²) in [6, 6.07) is 8.59. The molecule has 1 aromatic heterocycles. The van der Waals surface area contributed by atoms with Crippen LogP contribution in [0, 0.1) is 5.92 Å². The van der Waals surface area contributed by atoms with Gasteiger partial charge in [0.05, 0.1) is 6.61 Å². The quantitative estimate of drug-likeness (QED) is 0.920. The minimum atomic E-state index is 0.188. The highest BCUT2D eigenvalue weighted by Crippen LogP contribution is 2.32. The van der Waals surface area contributed by atoms with E-state index in [9.17, 15) is 5.11 Å². The zero-order valence-electron chi connectivity index (χ0n) is 10.3. The van der Waals surface area contributed by atoms with E-state index in [-0.39, 0.29) is 5.75 Å². The second-order valence-electron chi connectivity index (χ2n) is 4.80. The first-order valence-corrected chi connectivity index (χ1v) is 6.68. The molecule has 0 unspecified atom stereocenters. The number of aromatic hydroxyl groups is 1.